The molecule has 0 saturated carbocycles. The Balaban J connectivity index is 2.98. The van der Waals surface area contributed by atoms with Crippen LogP contribution in [0.4, 0.5) is 5.69 Å². The van der Waals surface area contributed by atoms with Crippen molar-refractivity contribution in [3.8, 4) is 0 Å². The lowest BCUT2D eigenvalue weighted by molar-refractivity contribution is -0.394. The first kappa shape index (κ1) is 6.02. The maximum atomic E-state index is 5.45. The topological polar surface area (TPSA) is 3.01 Å². The van der Waals surface area contributed by atoms with Gasteiger partial charge in [0.05, 0.1) is 5.69 Å². The van der Waals surface area contributed by atoms with E-state index in [-0.39, 0.29) is 0 Å². The molecular formula is C8H9N. The first-order valence-electron chi connectivity index (χ1n) is 2.84. The fourth-order valence-corrected chi connectivity index (χ4v) is 0.663. The van der Waals surface area contributed by atoms with E-state index in [9.17, 15) is 0 Å². The van der Waals surface area contributed by atoms with Crippen molar-refractivity contribution in [3.05, 3.63) is 30.3 Å². The Morgan fingerprint density at radius 1 is 1.22 bits per heavy atom. The molecule has 0 radical (unpaired) electrons. The summed E-state index contributed by atoms with van der Waals surface area (Å²) in [5.41, 5.74) is 1.03. The Morgan fingerprint density at radius 2 is 1.78 bits per heavy atom. The fourth-order valence-electron chi connectivity index (χ4n) is 0.663. The van der Waals surface area contributed by atoms with Crippen molar-refractivity contribution >= 4 is 12.4 Å². The summed E-state index contributed by atoms with van der Waals surface area (Å²) in [6.07, 6.45) is 0. The van der Waals surface area contributed by atoms with Gasteiger partial charge in [0.1, 0.15) is 7.05 Å². The van der Waals surface area contributed by atoms with Crippen molar-refractivity contribution in [3.63, 3.8) is 0 Å². The molecule has 1 rings (SSSR count). The van der Waals surface area contributed by atoms with E-state index < -0.39 is 0 Å². The van der Waals surface area contributed by atoms with Crippen LogP contribution in [0.25, 0.3) is 0 Å². The van der Waals surface area contributed by atoms with Gasteiger partial charge in [-0.3, -0.25) is 0 Å². The molecular weight excluding hydrogens is 110 g/mol. The molecule has 0 atom stereocenters. The van der Waals surface area contributed by atoms with Crippen LogP contribution in [0, 0.1) is 0 Å². The summed E-state index contributed by atoms with van der Waals surface area (Å²) in [5, 5.41) is 0. The summed E-state index contributed by atoms with van der Waals surface area (Å²) < 4.78 is 1.58. The van der Waals surface area contributed by atoms with Crippen molar-refractivity contribution in [1.82, 2.24) is 0 Å². The molecule has 9 heavy (non-hydrogen) atoms. The highest BCUT2D eigenvalue weighted by atomic mass is 14.9. The highest BCUT2D eigenvalue weighted by Gasteiger charge is 1.82. The van der Waals surface area contributed by atoms with E-state index in [0.29, 0.717) is 0 Å². The van der Waals surface area contributed by atoms with Gasteiger partial charge in [0, 0.05) is 6.72 Å². The maximum absolute atomic E-state index is 5.45. The molecule has 0 N–H and O–H groups in total. The smallest absolute Gasteiger partial charge is 0.105 e. The molecule has 46 valence electrons. The molecule has 0 fully saturated rings. The number of hydrogen-bond donors (Lipinski definition) is 0. The average molecular weight is 119 g/mol. The number of rotatable bonds is 1. The van der Waals surface area contributed by atoms with E-state index in [1.54, 1.807) is 4.58 Å². The van der Waals surface area contributed by atoms with Crippen LogP contribution >= 0.6 is 0 Å². The first-order chi connectivity index (χ1) is 4.30. The molecule has 0 heterocycles. The van der Waals surface area contributed by atoms with E-state index in [4.69, 9.17) is 6.72 Å². The number of hydrogen-bond acceptors (Lipinski definition) is 0. The van der Waals surface area contributed by atoms with Crippen molar-refractivity contribution < 1.29 is 4.58 Å². The summed E-state index contributed by atoms with van der Waals surface area (Å²) in [7, 11) is 1.81. The summed E-state index contributed by atoms with van der Waals surface area (Å²) in [6.45, 7) is 5.45. The molecule has 0 spiro atoms. The van der Waals surface area contributed by atoms with E-state index in [1.807, 2.05) is 37.4 Å². The number of nitrogens with zero attached hydrogens (tertiary/aromatic N) is 1. The Labute approximate surface area is 55.3 Å². The van der Waals surface area contributed by atoms with Gasteiger partial charge < -0.3 is 4.58 Å². The molecule has 1 heteroatoms. The highest BCUT2D eigenvalue weighted by molar-refractivity contribution is 5.32. The van der Waals surface area contributed by atoms with Crippen molar-refractivity contribution in [2.75, 3.05) is 7.05 Å². The van der Waals surface area contributed by atoms with Crippen LogP contribution in [0.15, 0.2) is 30.3 Å². The SMILES string of the molecule is [CH-]=[N+](C)c1ccccc1. The second-order valence-corrected chi connectivity index (χ2v) is 1.95. The van der Waals surface area contributed by atoms with Gasteiger partial charge >= 0.3 is 0 Å². The highest BCUT2D eigenvalue weighted by Crippen LogP contribution is 2.05. The van der Waals surface area contributed by atoms with Crippen LogP contribution in [0.2, 0.25) is 0 Å². The van der Waals surface area contributed by atoms with Gasteiger partial charge in [-0.1, -0.05) is 30.3 Å². The van der Waals surface area contributed by atoms with Crippen LogP contribution < -0.4 is 0 Å². The van der Waals surface area contributed by atoms with E-state index in [0.717, 1.165) is 5.69 Å². The molecule has 0 unspecified atom stereocenters. The predicted octanol–water partition coefficient (Wildman–Crippen LogP) is 1.54. The van der Waals surface area contributed by atoms with Crippen LogP contribution in [-0.2, 0) is 0 Å². The third kappa shape index (κ3) is 1.39. The van der Waals surface area contributed by atoms with Gasteiger partial charge in [0.25, 0.3) is 0 Å². The second-order valence-electron chi connectivity index (χ2n) is 1.95. The quantitative estimate of drug-likeness (QED) is 0.299. The lowest BCUT2D eigenvalue weighted by Crippen LogP contribution is -1.90. The third-order valence-corrected chi connectivity index (χ3v) is 1.16. The van der Waals surface area contributed by atoms with E-state index in [2.05, 4.69) is 0 Å². The lowest BCUT2D eigenvalue weighted by Gasteiger charge is -2.00. The van der Waals surface area contributed by atoms with Crippen molar-refractivity contribution in [2.24, 2.45) is 0 Å². The van der Waals surface area contributed by atoms with Gasteiger partial charge in [0.2, 0.25) is 0 Å². The molecule has 0 aromatic heterocycles. The zero-order valence-corrected chi connectivity index (χ0v) is 5.41. The van der Waals surface area contributed by atoms with E-state index in [1.165, 1.54) is 0 Å². The van der Waals surface area contributed by atoms with Crippen molar-refractivity contribution in [1.29, 1.82) is 0 Å². The molecule has 0 saturated heterocycles. The monoisotopic (exact) mass is 119 g/mol. The minimum atomic E-state index is 1.03. The Hall–Kier alpha value is -1.11. The molecule has 1 aromatic rings. The van der Waals surface area contributed by atoms with Gasteiger partial charge in [-0.2, -0.15) is 0 Å². The van der Waals surface area contributed by atoms with E-state index >= 15 is 0 Å². The second kappa shape index (κ2) is 2.44. The molecule has 1 aromatic carbocycles. The molecule has 0 aliphatic heterocycles. The van der Waals surface area contributed by atoms with Crippen LogP contribution in [0.3, 0.4) is 0 Å². The largest absolute Gasteiger partial charge is 0.369 e. The van der Waals surface area contributed by atoms with Crippen molar-refractivity contribution in [2.45, 2.75) is 0 Å². The molecule has 0 amide bonds. The predicted molar refractivity (Wildman–Crippen MR) is 38.4 cm³/mol. The standard InChI is InChI=1S/C8H9N/c1-9(2)8-6-4-3-5-7-8/h1,3-7H,2H3. The molecule has 0 aliphatic carbocycles. The Bertz CT molecular complexity index is 201. The average Bonchev–Trinajstić information content (AvgIpc) is 1.90. The zero-order chi connectivity index (χ0) is 6.69. The minimum absolute atomic E-state index is 1.03. The zero-order valence-electron chi connectivity index (χ0n) is 5.41. The van der Waals surface area contributed by atoms with Gasteiger partial charge in [-0.25, -0.2) is 0 Å². The molecule has 0 bridgehead atoms. The molecule has 0 aliphatic rings. The summed E-state index contributed by atoms with van der Waals surface area (Å²) >= 11 is 0. The van der Waals surface area contributed by atoms with Crippen LogP contribution in [-0.4, -0.2) is 18.3 Å². The molecule has 1 nitrogen and oxygen atoms in total. The summed E-state index contributed by atoms with van der Waals surface area (Å²) in [4.78, 5) is 0. The van der Waals surface area contributed by atoms with Gasteiger partial charge in [-0.05, 0) is 0 Å². The van der Waals surface area contributed by atoms with Crippen LogP contribution in [0.1, 0.15) is 0 Å². The first-order valence-corrected chi connectivity index (χ1v) is 2.84. The summed E-state index contributed by atoms with van der Waals surface area (Å²) in [6, 6.07) is 9.80. The number of para-hydroxylation sites is 1. The third-order valence-electron chi connectivity index (χ3n) is 1.16. The summed E-state index contributed by atoms with van der Waals surface area (Å²) in [5.74, 6) is 0. The Morgan fingerprint density at radius 3 is 2.11 bits per heavy atom. The minimum Gasteiger partial charge on any atom is -0.369 e. The number of benzene rings is 1. The lowest BCUT2D eigenvalue weighted by atomic mass is 10.3. The van der Waals surface area contributed by atoms with Gasteiger partial charge in [-0.15, -0.1) is 0 Å². The van der Waals surface area contributed by atoms with Crippen LogP contribution in [0.5, 0.6) is 0 Å². The normalized spacial score (nSPS) is 9.00. The van der Waals surface area contributed by atoms with Gasteiger partial charge in [0.15, 0.2) is 0 Å². The maximum Gasteiger partial charge on any atom is 0.105 e. The Kier molecular flexibility index (Phi) is 1.63. The fraction of sp³-hybridized carbons (Fsp3) is 0.125.